The summed E-state index contributed by atoms with van der Waals surface area (Å²) in [6.45, 7) is 3.33. The topological polar surface area (TPSA) is 60.5 Å². The van der Waals surface area contributed by atoms with Gasteiger partial charge in [-0.05, 0) is 43.5 Å². The molecule has 2 aromatic heterocycles. The fourth-order valence-corrected chi connectivity index (χ4v) is 3.77. The molecular formula is C17H18N4O. The van der Waals surface area contributed by atoms with Crippen LogP contribution in [0.5, 0.6) is 0 Å². The lowest BCUT2D eigenvalue weighted by atomic mass is 9.96. The van der Waals surface area contributed by atoms with Gasteiger partial charge in [-0.3, -0.25) is 4.79 Å². The number of nitrogens with one attached hydrogen (secondary N) is 1. The van der Waals surface area contributed by atoms with Crippen molar-refractivity contribution in [3.05, 3.63) is 41.7 Å². The summed E-state index contributed by atoms with van der Waals surface area (Å²) in [6, 6.07) is 7.80. The second kappa shape index (κ2) is 5.15. The molecular weight excluding hydrogens is 276 g/mol. The molecule has 1 unspecified atom stereocenters. The van der Waals surface area contributed by atoms with Crippen LogP contribution in [0.4, 0.5) is 0 Å². The van der Waals surface area contributed by atoms with E-state index in [4.69, 9.17) is 5.26 Å². The third-order valence-corrected chi connectivity index (χ3v) is 4.84. The van der Waals surface area contributed by atoms with Crippen molar-refractivity contribution in [3.8, 4) is 6.07 Å². The normalized spacial score (nSPS) is 26.8. The van der Waals surface area contributed by atoms with Crippen LogP contribution in [-0.2, 0) is 0 Å². The Bertz CT molecular complexity index is 761. The van der Waals surface area contributed by atoms with Crippen LogP contribution < -0.4 is 5.32 Å². The molecule has 2 bridgehead atoms. The third kappa shape index (κ3) is 2.26. The molecule has 112 valence electrons. The van der Waals surface area contributed by atoms with Crippen molar-refractivity contribution in [1.82, 2.24) is 14.6 Å². The van der Waals surface area contributed by atoms with E-state index in [0.29, 0.717) is 11.1 Å². The molecule has 0 radical (unpaired) electrons. The number of fused-ring (bicyclic) bond motifs is 3. The molecule has 3 atom stereocenters. The maximum atomic E-state index is 12.5. The van der Waals surface area contributed by atoms with Crippen LogP contribution >= 0.6 is 0 Å². The first kappa shape index (κ1) is 13.4. The Morgan fingerprint density at radius 3 is 3.05 bits per heavy atom. The lowest BCUT2D eigenvalue weighted by Crippen LogP contribution is -2.47. The van der Waals surface area contributed by atoms with Gasteiger partial charge in [0.25, 0.3) is 5.91 Å². The molecule has 2 aliphatic rings. The standard InChI is InChI=1S/C17H18N4O/c18-8-13-4-6-21-10-14(1-2-16(13)21)17(22)19-15-7-12-3-5-20(9-12)11-15/h1-2,4,6,10,12,15H,3,5,7,9,11H2,(H,19,22)/t12-,15-/m1/s1. The fraction of sp³-hybridized carbons (Fsp3) is 0.412. The number of aromatic nitrogens is 1. The lowest BCUT2D eigenvalue weighted by Gasteiger charge is -2.30. The molecule has 1 amide bonds. The number of pyridine rings is 1. The zero-order chi connectivity index (χ0) is 15.1. The van der Waals surface area contributed by atoms with Crippen LogP contribution in [0, 0.1) is 17.2 Å². The average Bonchev–Trinajstić information content (AvgIpc) is 3.09. The number of piperidine rings is 1. The zero-order valence-corrected chi connectivity index (χ0v) is 12.3. The first-order valence-electron chi connectivity index (χ1n) is 7.77. The Hall–Kier alpha value is -2.32. The first-order valence-corrected chi connectivity index (χ1v) is 7.77. The van der Waals surface area contributed by atoms with Crippen molar-refractivity contribution in [2.75, 3.05) is 19.6 Å². The van der Waals surface area contributed by atoms with Crippen LogP contribution in [0.25, 0.3) is 5.52 Å². The smallest absolute Gasteiger partial charge is 0.253 e. The van der Waals surface area contributed by atoms with Crippen LogP contribution in [0.1, 0.15) is 28.8 Å². The maximum Gasteiger partial charge on any atom is 0.253 e. The van der Waals surface area contributed by atoms with Gasteiger partial charge in [0, 0.05) is 31.5 Å². The van der Waals surface area contributed by atoms with Gasteiger partial charge in [-0.2, -0.15) is 5.26 Å². The van der Waals surface area contributed by atoms with E-state index in [0.717, 1.165) is 24.4 Å². The number of carbonyl (C=O) groups excluding carboxylic acids is 1. The molecule has 22 heavy (non-hydrogen) atoms. The molecule has 0 spiro atoms. The Labute approximate surface area is 129 Å². The molecule has 1 N–H and O–H groups in total. The second-order valence-corrected chi connectivity index (χ2v) is 6.37. The molecule has 2 fully saturated rings. The minimum Gasteiger partial charge on any atom is -0.348 e. The molecule has 5 heteroatoms. The molecule has 4 rings (SSSR count). The van der Waals surface area contributed by atoms with Gasteiger partial charge >= 0.3 is 0 Å². The van der Waals surface area contributed by atoms with E-state index in [1.165, 1.54) is 19.5 Å². The second-order valence-electron chi connectivity index (χ2n) is 6.37. The van der Waals surface area contributed by atoms with E-state index in [9.17, 15) is 4.79 Å². The third-order valence-electron chi connectivity index (χ3n) is 4.84. The molecule has 4 heterocycles. The van der Waals surface area contributed by atoms with Gasteiger partial charge in [-0.1, -0.05) is 0 Å². The average molecular weight is 294 g/mol. The van der Waals surface area contributed by atoms with Gasteiger partial charge in [-0.15, -0.1) is 0 Å². The molecule has 2 aliphatic heterocycles. The fourth-order valence-electron chi connectivity index (χ4n) is 3.77. The van der Waals surface area contributed by atoms with Crippen molar-refractivity contribution in [2.24, 2.45) is 5.92 Å². The van der Waals surface area contributed by atoms with Crippen molar-refractivity contribution in [1.29, 1.82) is 5.26 Å². The highest BCUT2D eigenvalue weighted by Gasteiger charge is 2.32. The van der Waals surface area contributed by atoms with Gasteiger partial charge in [0.1, 0.15) is 6.07 Å². The maximum absolute atomic E-state index is 12.5. The summed E-state index contributed by atoms with van der Waals surface area (Å²) in [4.78, 5) is 14.9. The summed E-state index contributed by atoms with van der Waals surface area (Å²) in [6.07, 6.45) is 5.96. The summed E-state index contributed by atoms with van der Waals surface area (Å²) < 4.78 is 1.83. The van der Waals surface area contributed by atoms with Crippen LogP contribution in [-0.4, -0.2) is 40.9 Å². The summed E-state index contributed by atoms with van der Waals surface area (Å²) in [5.74, 6) is 0.714. The summed E-state index contributed by atoms with van der Waals surface area (Å²) in [7, 11) is 0. The highest BCUT2D eigenvalue weighted by atomic mass is 16.1. The minimum atomic E-state index is -0.0263. The van der Waals surface area contributed by atoms with E-state index in [1.807, 2.05) is 16.7 Å². The van der Waals surface area contributed by atoms with Gasteiger partial charge in [0.05, 0.1) is 16.6 Å². The van der Waals surface area contributed by atoms with Crippen LogP contribution in [0.15, 0.2) is 30.6 Å². The van der Waals surface area contributed by atoms with Gasteiger partial charge < -0.3 is 14.6 Å². The first-order chi connectivity index (χ1) is 10.7. The van der Waals surface area contributed by atoms with E-state index < -0.39 is 0 Å². The van der Waals surface area contributed by atoms with Crippen molar-refractivity contribution in [2.45, 2.75) is 18.9 Å². The Morgan fingerprint density at radius 2 is 2.23 bits per heavy atom. The Kier molecular flexibility index (Phi) is 3.12. The highest BCUT2D eigenvalue weighted by molar-refractivity contribution is 5.94. The van der Waals surface area contributed by atoms with Gasteiger partial charge in [0.15, 0.2) is 0 Å². The Morgan fingerprint density at radius 1 is 1.32 bits per heavy atom. The van der Waals surface area contributed by atoms with E-state index in [1.54, 1.807) is 18.3 Å². The molecule has 2 saturated heterocycles. The number of rotatable bonds is 2. The van der Waals surface area contributed by atoms with Crippen LogP contribution in [0.2, 0.25) is 0 Å². The monoisotopic (exact) mass is 294 g/mol. The van der Waals surface area contributed by atoms with E-state index in [-0.39, 0.29) is 11.9 Å². The predicted octanol–water partition coefficient (Wildman–Crippen LogP) is 1.63. The van der Waals surface area contributed by atoms with Gasteiger partial charge in [0.2, 0.25) is 0 Å². The number of nitriles is 1. The predicted molar refractivity (Wildman–Crippen MR) is 82.5 cm³/mol. The van der Waals surface area contributed by atoms with Gasteiger partial charge in [-0.25, -0.2) is 0 Å². The Balaban J connectivity index is 1.52. The summed E-state index contributed by atoms with van der Waals surface area (Å²) in [5.41, 5.74) is 2.10. The molecule has 0 saturated carbocycles. The van der Waals surface area contributed by atoms with Crippen molar-refractivity contribution < 1.29 is 4.79 Å². The number of hydrogen-bond acceptors (Lipinski definition) is 3. The highest BCUT2D eigenvalue weighted by Crippen LogP contribution is 2.26. The van der Waals surface area contributed by atoms with Crippen LogP contribution in [0.3, 0.4) is 0 Å². The van der Waals surface area contributed by atoms with E-state index in [2.05, 4.69) is 16.3 Å². The number of carbonyl (C=O) groups is 1. The number of amides is 1. The SMILES string of the molecule is N#Cc1ccn2cc(C(=O)N[C@@H]3C[C@H]4CCN(C4)C3)ccc12. The summed E-state index contributed by atoms with van der Waals surface area (Å²) in [5, 5.41) is 12.2. The summed E-state index contributed by atoms with van der Waals surface area (Å²) >= 11 is 0. The zero-order valence-electron chi connectivity index (χ0n) is 12.3. The van der Waals surface area contributed by atoms with Crippen molar-refractivity contribution >= 4 is 11.4 Å². The number of nitrogens with zero attached hydrogens (tertiary/aromatic N) is 3. The lowest BCUT2D eigenvalue weighted by molar-refractivity contribution is 0.0909. The molecule has 0 aromatic carbocycles. The van der Waals surface area contributed by atoms with Crippen molar-refractivity contribution in [3.63, 3.8) is 0 Å². The molecule has 2 aromatic rings. The molecule has 0 aliphatic carbocycles. The quantitative estimate of drug-likeness (QED) is 0.916. The largest absolute Gasteiger partial charge is 0.348 e. The number of hydrogen-bond donors (Lipinski definition) is 1. The molecule has 5 nitrogen and oxygen atoms in total. The minimum absolute atomic E-state index is 0.0263. The van der Waals surface area contributed by atoms with E-state index >= 15 is 0 Å².